The summed E-state index contributed by atoms with van der Waals surface area (Å²) in [6.45, 7) is 4.73. The van der Waals surface area contributed by atoms with Crippen LogP contribution >= 0.6 is 11.3 Å². The number of anilines is 1. The number of rotatable bonds is 4. The van der Waals surface area contributed by atoms with Crippen molar-refractivity contribution in [1.82, 2.24) is 24.7 Å². The molecule has 1 N–H and O–H groups in total. The van der Waals surface area contributed by atoms with Gasteiger partial charge in [-0.05, 0) is 19.1 Å². The molecule has 1 aromatic carbocycles. The van der Waals surface area contributed by atoms with Crippen molar-refractivity contribution in [2.45, 2.75) is 13.5 Å². The van der Waals surface area contributed by atoms with Crippen LogP contribution in [-0.2, 0) is 11.3 Å². The van der Waals surface area contributed by atoms with Gasteiger partial charge in [0.05, 0.1) is 25.5 Å². The molecule has 0 amide bonds. The van der Waals surface area contributed by atoms with E-state index in [0.717, 1.165) is 40.5 Å². The minimum absolute atomic E-state index is 0.113. The van der Waals surface area contributed by atoms with Gasteiger partial charge in [-0.3, -0.25) is 0 Å². The van der Waals surface area contributed by atoms with Crippen LogP contribution in [0.5, 0.6) is 0 Å². The molecule has 29 heavy (non-hydrogen) atoms. The number of hydrogen-bond donors (Lipinski definition) is 1. The van der Waals surface area contributed by atoms with E-state index in [0.29, 0.717) is 24.2 Å². The van der Waals surface area contributed by atoms with Crippen molar-refractivity contribution in [2.75, 3.05) is 31.2 Å². The molecule has 0 spiro atoms. The van der Waals surface area contributed by atoms with Crippen molar-refractivity contribution in [3.8, 4) is 17.2 Å². The van der Waals surface area contributed by atoms with Gasteiger partial charge < -0.3 is 14.7 Å². The molecule has 0 aliphatic carbocycles. The van der Waals surface area contributed by atoms with Gasteiger partial charge in [-0.2, -0.15) is 15.1 Å². The van der Waals surface area contributed by atoms with E-state index in [1.807, 2.05) is 24.4 Å². The lowest BCUT2D eigenvalue weighted by atomic mass is 10.1. The minimum Gasteiger partial charge on any atom is -0.389 e. The molecule has 8 nitrogen and oxygen atoms in total. The quantitative estimate of drug-likeness (QED) is 0.555. The molecule has 3 aromatic heterocycles. The second kappa shape index (κ2) is 7.51. The highest BCUT2D eigenvalue weighted by molar-refractivity contribution is 7.18. The van der Waals surface area contributed by atoms with E-state index in [-0.39, 0.29) is 6.61 Å². The highest BCUT2D eigenvalue weighted by Gasteiger charge is 2.21. The monoisotopic (exact) mass is 408 g/mol. The van der Waals surface area contributed by atoms with E-state index in [1.54, 1.807) is 4.68 Å². The SMILES string of the molecule is Cc1cccc(-c2ccn(-c3nc(N4CCOCC4)c4nc(CO)sc4n3)n2)c1. The Hall–Kier alpha value is -2.88. The van der Waals surface area contributed by atoms with E-state index in [9.17, 15) is 5.11 Å². The van der Waals surface area contributed by atoms with Gasteiger partial charge in [-0.15, -0.1) is 0 Å². The Kier molecular flexibility index (Phi) is 4.70. The van der Waals surface area contributed by atoms with Crippen LogP contribution in [0.4, 0.5) is 5.82 Å². The van der Waals surface area contributed by atoms with Crippen molar-refractivity contribution in [3.05, 3.63) is 47.1 Å². The van der Waals surface area contributed by atoms with E-state index in [1.165, 1.54) is 16.9 Å². The van der Waals surface area contributed by atoms with Crippen LogP contribution in [-0.4, -0.2) is 56.1 Å². The highest BCUT2D eigenvalue weighted by atomic mass is 32.1. The number of aliphatic hydroxyl groups excluding tert-OH is 1. The minimum atomic E-state index is -0.113. The van der Waals surface area contributed by atoms with Gasteiger partial charge >= 0.3 is 0 Å². The van der Waals surface area contributed by atoms with Crippen molar-refractivity contribution in [3.63, 3.8) is 0 Å². The second-order valence-corrected chi connectivity index (χ2v) is 7.94. The summed E-state index contributed by atoms with van der Waals surface area (Å²) >= 11 is 1.38. The summed E-state index contributed by atoms with van der Waals surface area (Å²) in [6, 6.07) is 10.2. The molecule has 1 saturated heterocycles. The van der Waals surface area contributed by atoms with Crippen LogP contribution < -0.4 is 4.90 Å². The number of aromatic nitrogens is 5. The number of nitrogens with zero attached hydrogens (tertiary/aromatic N) is 6. The average molecular weight is 408 g/mol. The lowest BCUT2D eigenvalue weighted by Crippen LogP contribution is -2.37. The van der Waals surface area contributed by atoms with Crippen LogP contribution in [0.15, 0.2) is 36.5 Å². The first-order chi connectivity index (χ1) is 14.2. The van der Waals surface area contributed by atoms with Crippen molar-refractivity contribution < 1.29 is 9.84 Å². The summed E-state index contributed by atoms with van der Waals surface area (Å²) in [4.78, 5) is 16.9. The fraction of sp³-hybridized carbons (Fsp3) is 0.300. The Balaban J connectivity index is 1.60. The number of fused-ring (bicyclic) bond motifs is 1. The fourth-order valence-electron chi connectivity index (χ4n) is 3.40. The fourth-order valence-corrected chi connectivity index (χ4v) is 4.19. The molecule has 0 atom stereocenters. The third-order valence-electron chi connectivity index (χ3n) is 4.83. The standard InChI is InChI=1S/C20H20N6O2S/c1-13-3-2-4-14(11-13)15-5-6-26(24-15)20-22-18(25-7-9-28-10-8-25)17-19(23-20)29-16(12-27)21-17/h2-6,11,27H,7-10,12H2,1H3. The summed E-state index contributed by atoms with van der Waals surface area (Å²) in [5, 5.41) is 14.8. The molecule has 5 rings (SSSR count). The van der Waals surface area contributed by atoms with Crippen molar-refractivity contribution >= 4 is 27.5 Å². The van der Waals surface area contributed by atoms with E-state index in [2.05, 4.69) is 33.9 Å². The van der Waals surface area contributed by atoms with Crippen LogP contribution in [0.3, 0.4) is 0 Å². The van der Waals surface area contributed by atoms with Gasteiger partial charge in [0.15, 0.2) is 10.6 Å². The molecule has 4 heterocycles. The van der Waals surface area contributed by atoms with Crippen LogP contribution in [0, 0.1) is 6.92 Å². The predicted molar refractivity (Wildman–Crippen MR) is 111 cm³/mol. The molecule has 1 aliphatic heterocycles. The van der Waals surface area contributed by atoms with Gasteiger partial charge in [-0.1, -0.05) is 35.1 Å². The number of morpholine rings is 1. The zero-order chi connectivity index (χ0) is 19.8. The lowest BCUT2D eigenvalue weighted by Gasteiger charge is -2.28. The van der Waals surface area contributed by atoms with E-state index < -0.39 is 0 Å². The number of ether oxygens (including phenoxy) is 1. The maximum atomic E-state index is 9.53. The van der Waals surface area contributed by atoms with Crippen molar-refractivity contribution in [2.24, 2.45) is 0 Å². The molecule has 1 fully saturated rings. The maximum absolute atomic E-state index is 9.53. The summed E-state index contributed by atoms with van der Waals surface area (Å²) in [5.41, 5.74) is 3.82. The lowest BCUT2D eigenvalue weighted by molar-refractivity contribution is 0.122. The van der Waals surface area contributed by atoms with Gasteiger partial charge in [0.1, 0.15) is 10.5 Å². The first kappa shape index (κ1) is 18.2. The topological polar surface area (TPSA) is 89.2 Å². The van der Waals surface area contributed by atoms with Crippen molar-refractivity contribution in [1.29, 1.82) is 0 Å². The second-order valence-electron chi connectivity index (χ2n) is 6.88. The van der Waals surface area contributed by atoms with Gasteiger partial charge in [0.25, 0.3) is 5.95 Å². The summed E-state index contributed by atoms with van der Waals surface area (Å²) in [6.07, 6.45) is 1.87. The zero-order valence-electron chi connectivity index (χ0n) is 15.9. The Morgan fingerprint density at radius 3 is 2.79 bits per heavy atom. The maximum Gasteiger partial charge on any atom is 0.254 e. The van der Waals surface area contributed by atoms with Crippen LogP contribution in [0.2, 0.25) is 0 Å². The number of aliphatic hydroxyl groups is 1. The number of thiazole rings is 1. The third-order valence-corrected chi connectivity index (χ3v) is 5.76. The van der Waals surface area contributed by atoms with Gasteiger partial charge in [-0.25, -0.2) is 9.67 Å². The van der Waals surface area contributed by atoms with E-state index >= 15 is 0 Å². The Labute approximate surface area is 171 Å². The zero-order valence-corrected chi connectivity index (χ0v) is 16.8. The predicted octanol–water partition coefficient (Wildman–Crippen LogP) is 2.58. The molecule has 0 radical (unpaired) electrons. The largest absolute Gasteiger partial charge is 0.389 e. The molecule has 0 saturated carbocycles. The first-order valence-corrected chi connectivity index (χ1v) is 10.3. The molecule has 0 bridgehead atoms. The average Bonchev–Trinajstić information content (AvgIpc) is 3.41. The molecular formula is C20H20N6O2S. The number of aryl methyl sites for hydroxylation is 1. The van der Waals surface area contributed by atoms with Gasteiger partial charge in [0, 0.05) is 24.8 Å². The third kappa shape index (κ3) is 3.48. The molecule has 4 aromatic rings. The summed E-state index contributed by atoms with van der Waals surface area (Å²) < 4.78 is 7.17. The Morgan fingerprint density at radius 2 is 2.00 bits per heavy atom. The molecular weight excluding hydrogens is 388 g/mol. The van der Waals surface area contributed by atoms with Crippen LogP contribution in [0.1, 0.15) is 10.6 Å². The Bertz CT molecular complexity index is 1160. The summed E-state index contributed by atoms with van der Waals surface area (Å²) in [7, 11) is 0. The number of hydrogen-bond acceptors (Lipinski definition) is 8. The molecule has 1 aliphatic rings. The molecule has 0 unspecified atom stereocenters. The molecule has 148 valence electrons. The normalized spacial score (nSPS) is 14.6. The van der Waals surface area contributed by atoms with Crippen LogP contribution in [0.25, 0.3) is 27.6 Å². The van der Waals surface area contributed by atoms with E-state index in [4.69, 9.17) is 14.8 Å². The summed E-state index contributed by atoms with van der Waals surface area (Å²) in [5.74, 6) is 1.25. The number of benzene rings is 1. The smallest absolute Gasteiger partial charge is 0.254 e. The highest BCUT2D eigenvalue weighted by Crippen LogP contribution is 2.30. The van der Waals surface area contributed by atoms with Gasteiger partial charge in [0.2, 0.25) is 0 Å². The Morgan fingerprint density at radius 1 is 1.14 bits per heavy atom. The first-order valence-electron chi connectivity index (χ1n) is 9.45. The molecule has 9 heteroatoms.